The van der Waals surface area contributed by atoms with Gasteiger partial charge < -0.3 is 19.7 Å². The fourth-order valence-corrected chi connectivity index (χ4v) is 2.95. The molecule has 0 saturated heterocycles. The van der Waals surface area contributed by atoms with Crippen molar-refractivity contribution in [3.05, 3.63) is 58.1 Å². The highest BCUT2D eigenvalue weighted by molar-refractivity contribution is 6.33. The van der Waals surface area contributed by atoms with E-state index < -0.39 is 17.5 Å². The third-order valence-corrected chi connectivity index (χ3v) is 4.54. The summed E-state index contributed by atoms with van der Waals surface area (Å²) in [6, 6.07) is 6.98. The van der Waals surface area contributed by atoms with E-state index in [1.165, 1.54) is 0 Å². The van der Waals surface area contributed by atoms with Crippen molar-refractivity contribution in [3.8, 4) is 11.5 Å². The molecule has 146 valence electrons. The molecule has 0 heterocycles. The quantitative estimate of drug-likeness (QED) is 0.702. The number of ether oxygens (including phenoxy) is 2. The average molecular weight is 400 g/mol. The molecule has 1 atom stereocenters. The van der Waals surface area contributed by atoms with Gasteiger partial charge in [-0.25, -0.2) is 8.78 Å². The Hall–Kier alpha value is -2.38. The summed E-state index contributed by atoms with van der Waals surface area (Å²) in [6.45, 7) is 0.256. The first-order valence-corrected chi connectivity index (χ1v) is 8.61. The monoisotopic (exact) mass is 399 g/mol. The van der Waals surface area contributed by atoms with Gasteiger partial charge in [0.2, 0.25) is 0 Å². The number of carbonyl (C=O) groups is 1. The van der Waals surface area contributed by atoms with E-state index >= 15 is 0 Å². The fraction of sp³-hybridized carbons (Fsp3) is 0.316. The van der Waals surface area contributed by atoms with Gasteiger partial charge in [0.1, 0.15) is 6.04 Å². The molecule has 0 aliphatic heterocycles. The molecule has 0 saturated carbocycles. The maximum atomic E-state index is 13.4. The number of carbonyl (C=O) groups excluding carboxylic acids is 1. The molecular formula is C19H22ClF2N2O3+. The zero-order valence-corrected chi connectivity index (χ0v) is 16.3. The lowest BCUT2D eigenvalue weighted by molar-refractivity contribution is -0.890. The number of hydrogen-bond acceptors (Lipinski definition) is 3. The van der Waals surface area contributed by atoms with E-state index in [1.807, 2.05) is 26.2 Å². The Bertz CT molecular complexity index is 831. The van der Waals surface area contributed by atoms with Gasteiger partial charge in [0.05, 0.1) is 45.4 Å². The molecule has 8 heteroatoms. The Morgan fingerprint density at radius 3 is 2.33 bits per heavy atom. The van der Waals surface area contributed by atoms with E-state index in [1.54, 1.807) is 20.3 Å². The average Bonchev–Trinajstić information content (AvgIpc) is 2.64. The predicted octanol–water partition coefficient (Wildman–Crippen LogP) is 2.25. The Kier molecular flexibility index (Phi) is 6.98. The minimum absolute atomic E-state index is 0.113. The summed E-state index contributed by atoms with van der Waals surface area (Å²) in [5.74, 6) is -1.62. The lowest BCUT2D eigenvalue weighted by Gasteiger charge is -2.23. The van der Waals surface area contributed by atoms with Crippen LogP contribution < -0.4 is 19.7 Å². The van der Waals surface area contributed by atoms with Gasteiger partial charge in [-0.1, -0.05) is 11.6 Å². The molecule has 0 fully saturated rings. The number of benzene rings is 2. The Morgan fingerprint density at radius 2 is 1.74 bits per heavy atom. The molecule has 0 bridgehead atoms. The molecule has 0 aliphatic carbocycles. The lowest BCUT2D eigenvalue weighted by Crippen LogP contribution is -3.07. The van der Waals surface area contributed by atoms with Crippen LogP contribution in [0.15, 0.2) is 30.3 Å². The second-order valence-corrected chi connectivity index (χ2v) is 6.61. The van der Waals surface area contributed by atoms with Crippen LogP contribution in [0.1, 0.15) is 22.0 Å². The highest BCUT2D eigenvalue weighted by Gasteiger charge is 2.22. The Labute approximate surface area is 161 Å². The summed E-state index contributed by atoms with van der Waals surface area (Å²) in [4.78, 5) is 13.4. The van der Waals surface area contributed by atoms with Crippen molar-refractivity contribution in [2.24, 2.45) is 0 Å². The van der Waals surface area contributed by atoms with E-state index in [4.69, 9.17) is 21.1 Å². The first-order valence-electron chi connectivity index (χ1n) is 8.23. The number of hydrogen-bond donors (Lipinski definition) is 2. The van der Waals surface area contributed by atoms with Crippen molar-refractivity contribution in [3.63, 3.8) is 0 Å². The van der Waals surface area contributed by atoms with E-state index in [2.05, 4.69) is 5.32 Å². The highest BCUT2D eigenvalue weighted by Crippen LogP contribution is 2.29. The molecule has 0 aliphatic rings. The number of amides is 1. The van der Waals surface area contributed by atoms with Crippen LogP contribution in [0.2, 0.25) is 5.02 Å². The van der Waals surface area contributed by atoms with Gasteiger partial charge in [0.15, 0.2) is 23.1 Å². The topological polar surface area (TPSA) is 52.0 Å². The summed E-state index contributed by atoms with van der Waals surface area (Å²) in [7, 11) is 6.99. The molecule has 5 nitrogen and oxygen atoms in total. The largest absolute Gasteiger partial charge is 0.493 e. The second kappa shape index (κ2) is 9.01. The molecule has 2 N–H and O–H groups in total. The summed E-state index contributed by atoms with van der Waals surface area (Å²) in [5, 5.41) is 2.58. The maximum Gasteiger partial charge on any atom is 0.253 e. The summed E-state index contributed by atoms with van der Waals surface area (Å²) in [5.41, 5.74) is 0.805. The molecule has 1 amide bonds. The minimum Gasteiger partial charge on any atom is -0.493 e. The van der Waals surface area contributed by atoms with Gasteiger partial charge in [-0.05, 0) is 30.3 Å². The molecule has 0 spiro atoms. The zero-order chi connectivity index (χ0) is 20.1. The highest BCUT2D eigenvalue weighted by atomic mass is 35.5. The molecule has 2 rings (SSSR count). The van der Waals surface area contributed by atoms with Crippen molar-refractivity contribution < 1.29 is 27.9 Å². The number of likely N-dealkylation sites (N-methyl/N-ethyl adjacent to an activating group) is 1. The summed E-state index contributed by atoms with van der Waals surface area (Å²) in [6.07, 6.45) is 0. The van der Waals surface area contributed by atoms with Crippen molar-refractivity contribution in [1.82, 2.24) is 5.32 Å². The van der Waals surface area contributed by atoms with Gasteiger partial charge in [-0.2, -0.15) is 0 Å². The van der Waals surface area contributed by atoms with Crippen molar-refractivity contribution in [2.75, 3.05) is 34.9 Å². The number of quaternary nitrogens is 1. The standard InChI is InChI=1S/C19H21ClF2N2O3/c1-24(2)16(11-5-6-17(26-3)18(7-11)27-4)10-23-19(25)12-8-14(21)15(22)9-13(12)20/h5-9,16H,10H2,1-4H3,(H,23,25)/p+1/t16-/m0/s1. The number of methoxy groups -OCH3 is 2. The van der Waals surface area contributed by atoms with Crippen LogP contribution in [0.25, 0.3) is 0 Å². The van der Waals surface area contributed by atoms with Gasteiger partial charge in [0.25, 0.3) is 5.91 Å². The van der Waals surface area contributed by atoms with Crippen LogP contribution >= 0.6 is 11.6 Å². The lowest BCUT2D eigenvalue weighted by atomic mass is 10.0. The Morgan fingerprint density at radius 1 is 1.11 bits per heavy atom. The van der Waals surface area contributed by atoms with Crippen LogP contribution in [0.3, 0.4) is 0 Å². The second-order valence-electron chi connectivity index (χ2n) is 6.20. The van der Waals surface area contributed by atoms with Crippen LogP contribution in [0.5, 0.6) is 11.5 Å². The number of nitrogens with one attached hydrogen (secondary N) is 2. The van der Waals surface area contributed by atoms with Crippen LogP contribution in [-0.2, 0) is 0 Å². The number of rotatable bonds is 7. The molecule has 27 heavy (non-hydrogen) atoms. The van der Waals surface area contributed by atoms with Gasteiger partial charge >= 0.3 is 0 Å². The van der Waals surface area contributed by atoms with E-state index in [0.29, 0.717) is 11.5 Å². The smallest absolute Gasteiger partial charge is 0.253 e. The normalized spacial score (nSPS) is 12.0. The first-order chi connectivity index (χ1) is 12.8. The first kappa shape index (κ1) is 20.9. The maximum absolute atomic E-state index is 13.4. The minimum atomic E-state index is -1.13. The SMILES string of the molecule is COc1ccc([C@H](CNC(=O)c2cc(F)c(F)cc2Cl)[NH+](C)C)cc1OC. The van der Waals surface area contributed by atoms with Gasteiger partial charge in [-0.3, -0.25) is 4.79 Å². The molecule has 0 unspecified atom stereocenters. The third-order valence-electron chi connectivity index (χ3n) is 4.23. The molecule has 0 radical (unpaired) electrons. The molecular weight excluding hydrogens is 378 g/mol. The predicted molar refractivity (Wildman–Crippen MR) is 98.8 cm³/mol. The van der Waals surface area contributed by atoms with Crippen molar-refractivity contribution in [2.45, 2.75) is 6.04 Å². The summed E-state index contributed by atoms with van der Waals surface area (Å²) >= 11 is 5.86. The third kappa shape index (κ3) is 4.87. The van der Waals surface area contributed by atoms with E-state index in [-0.39, 0.29) is 23.2 Å². The van der Waals surface area contributed by atoms with Gasteiger partial charge in [-0.15, -0.1) is 0 Å². The van der Waals surface area contributed by atoms with Gasteiger partial charge in [0, 0.05) is 5.56 Å². The molecule has 2 aromatic rings. The van der Waals surface area contributed by atoms with Crippen molar-refractivity contribution in [1.29, 1.82) is 0 Å². The van der Waals surface area contributed by atoms with E-state index in [9.17, 15) is 13.6 Å². The molecule has 0 aromatic heterocycles. The fourth-order valence-electron chi connectivity index (χ4n) is 2.71. The zero-order valence-electron chi connectivity index (χ0n) is 15.5. The van der Waals surface area contributed by atoms with E-state index in [0.717, 1.165) is 22.6 Å². The molecule has 2 aromatic carbocycles. The number of halogens is 3. The van der Waals surface area contributed by atoms with Crippen LogP contribution in [0, 0.1) is 11.6 Å². The summed E-state index contributed by atoms with van der Waals surface area (Å²) < 4.78 is 37.2. The van der Waals surface area contributed by atoms with Crippen LogP contribution in [-0.4, -0.2) is 40.8 Å². The van der Waals surface area contributed by atoms with Crippen molar-refractivity contribution >= 4 is 17.5 Å². The Balaban J connectivity index is 2.20. The van der Waals surface area contributed by atoms with Crippen LogP contribution in [0.4, 0.5) is 8.78 Å².